The van der Waals surface area contributed by atoms with Crippen LogP contribution in [0.5, 0.6) is 0 Å². The van der Waals surface area contributed by atoms with Crippen molar-refractivity contribution >= 4 is 17.3 Å². The number of halogens is 4. The van der Waals surface area contributed by atoms with Gasteiger partial charge < -0.3 is 10.1 Å². The van der Waals surface area contributed by atoms with E-state index in [2.05, 4.69) is 5.32 Å². The molecular weight excluding hydrogens is 351 g/mol. The lowest BCUT2D eigenvalue weighted by atomic mass is 9.77. The summed E-state index contributed by atoms with van der Waals surface area (Å²) in [5.74, 6) is 0.0888. The summed E-state index contributed by atoms with van der Waals surface area (Å²) in [7, 11) is 0. The molecule has 2 aromatic rings. The normalized spacial score (nSPS) is 25.7. The van der Waals surface area contributed by atoms with Gasteiger partial charge in [0.05, 0.1) is 17.7 Å². The minimum Gasteiger partial charge on any atom is -0.378 e. The van der Waals surface area contributed by atoms with Gasteiger partial charge in [-0.25, -0.2) is 0 Å². The van der Waals surface area contributed by atoms with E-state index in [0.29, 0.717) is 22.9 Å². The third kappa shape index (κ3) is 3.11. The number of hydrogen-bond acceptors (Lipinski definition) is 2. The number of anilines is 1. The van der Waals surface area contributed by atoms with Crippen molar-refractivity contribution in [2.24, 2.45) is 5.92 Å². The van der Waals surface area contributed by atoms with Gasteiger partial charge in [-0.3, -0.25) is 0 Å². The molecule has 1 N–H and O–H groups in total. The topological polar surface area (TPSA) is 21.3 Å². The third-order valence-corrected chi connectivity index (χ3v) is 5.27. The summed E-state index contributed by atoms with van der Waals surface area (Å²) in [6.07, 6.45) is -2.87. The minimum absolute atomic E-state index is 0.00759. The molecule has 3 atom stereocenters. The molecular formula is C19H17ClF3NO. The molecule has 2 heterocycles. The second-order valence-electron chi connectivity index (χ2n) is 6.57. The molecule has 2 aromatic carbocycles. The van der Waals surface area contributed by atoms with Crippen LogP contribution in [-0.2, 0) is 10.9 Å². The summed E-state index contributed by atoms with van der Waals surface area (Å²) in [4.78, 5) is 0. The molecule has 0 aromatic heterocycles. The smallest absolute Gasteiger partial charge is 0.378 e. The molecule has 2 aliphatic heterocycles. The first-order valence-electron chi connectivity index (χ1n) is 8.28. The minimum atomic E-state index is -4.35. The Morgan fingerprint density at radius 3 is 2.56 bits per heavy atom. The Morgan fingerprint density at radius 1 is 1.08 bits per heavy atom. The van der Waals surface area contributed by atoms with E-state index in [9.17, 15) is 13.2 Å². The molecule has 0 aliphatic carbocycles. The molecule has 0 spiro atoms. The summed E-state index contributed by atoms with van der Waals surface area (Å²) < 4.78 is 45.2. The van der Waals surface area contributed by atoms with Gasteiger partial charge in [0.2, 0.25) is 0 Å². The van der Waals surface area contributed by atoms with Gasteiger partial charge in [0.15, 0.2) is 0 Å². The Labute approximate surface area is 148 Å². The Kier molecular flexibility index (Phi) is 4.16. The van der Waals surface area contributed by atoms with Crippen molar-refractivity contribution in [3.05, 3.63) is 64.2 Å². The highest BCUT2D eigenvalue weighted by molar-refractivity contribution is 6.30. The first kappa shape index (κ1) is 16.7. The van der Waals surface area contributed by atoms with Crippen molar-refractivity contribution in [2.45, 2.75) is 31.2 Å². The summed E-state index contributed by atoms with van der Waals surface area (Å²) in [6.45, 7) is 0.574. The van der Waals surface area contributed by atoms with Crippen LogP contribution in [0.15, 0.2) is 42.5 Å². The van der Waals surface area contributed by atoms with Crippen molar-refractivity contribution in [3.63, 3.8) is 0 Å². The zero-order valence-electron chi connectivity index (χ0n) is 13.3. The van der Waals surface area contributed by atoms with Gasteiger partial charge in [0.25, 0.3) is 0 Å². The fraction of sp³-hybridized carbons (Fsp3) is 0.368. The van der Waals surface area contributed by atoms with Gasteiger partial charge >= 0.3 is 6.18 Å². The summed E-state index contributed by atoms with van der Waals surface area (Å²) >= 11 is 5.98. The number of rotatable bonds is 1. The van der Waals surface area contributed by atoms with Crippen LogP contribution < -0.4 is 5.32 Å². The molecule has 1 fully saturated rings. The molecule has 0 bridgehead atoms. The lowest BCUT2D eigenvalue weighted by Gasteiger charge is -2.43. The predicted octanol–water partition coefficient (Wildman–Crippen LogP) is 5.99. The molecule has 1 saturated heterocycles. The maximum Gasteiger partial charge on any atom is 0.416 e. The molecule has 2 nitrogen and oxygen atoms in total. The van der Waals surface area contributed by atoms with E-state index in [1.54, 1.807) is 0 Å². The van der Waals surface area contributed by atoms with E-state index in [1.807, 2.05) is 24.3 Å². The second-order valence-corrected chi connectivity index (χ2v) is 7.01. The number of hydrogen-bond donors (Lipinski definition) is 1. The number of alkyl halides is 3. The van der Waals surface area contributed by atoms with Crippen molar-refractivity contribution in [2.75, 3.05) is 11.9 Å². The first-order chi connectivity index (χ1) is 11.9. The van der Waals surface area contributed by atoms with Crippen molar-refractivity contribution < 1.29 is 17.9 Å². The molecule has 0 radical (unpaired) electrons. The van der Waals surface area contributed by atoms with E-state index in [1.165, 1.54) is 12.1 Å². The van der Waals surface area contributed by atoms with E-state index < -0.39 is 11.7 Å². The third-order valence-electron chi connectivity index (χ3n) is 5.02. The Bertz CT molecular complexity index is 775. The Balaban J connectivity index is 1.76. The molecule has 0 unspecified atom stereocenters. The van der Waals surface area contributed by atoms with Gasteiger partial charge in [-0.15, -0.1) is 0 Å². The van der Waals surface area contributed by atoms with Crippen LogP contribution in [-0.4, -0.2) is 6.61 Å². The lowest BCUT2D eigenvalue weighted by Crippen LogP contribution is -2.36. The van der Waals surface area contributed by atoms with Crippen LogP contribution in [0.3, 0.4) is 0 Å². The number of nitrogens with one attached hydrogen (secondary N) is 1. The Morgan fingerprint density at radius 2 is 1.84 bits per heavy atom. The maximum atomic E-state index is 13.1. The van der Waals surface area contributed by atoms with Crippen LogP contribution in [0.4, 0.5) is 18.9 Å². The predicted molar refractivity (Wildman–Crippen MR) is 90.7 cm³/mol. The summed E-state index contributed by atoms with van der Waals surface area (Å²) in [6, 6.07) is 11.4. The van der Waals surface area contributed by atoms with Gasteiger partial charge in [-0.1, -0.05) is 23.7 Å². The van der Waals surface area contributed by atoms with Crippen molar-refractivity contribution in [3.8, 4) is 0 Å². The summed E-state index contributed by atoms with van der Waals surface area (Å²) in [5, 5.41) is 4.08. The monoisotopic (exact) mass is 367 g/mol. The van der Waals surface area contributed by atoms with Crippen LogP contribution in [0.1, 0.15) is 41.7 Å². The quantitative estimate of drug-likeness (QED) is 0.668. The van der Waals surface area contributed by atoms with Crippen LogP contribution in [0.2, 0.25) is 5.02 Å². The van der Waals surface area contributed by atoms with Crippen LogP contribution >= 0.6 is 11.6 Å². The fourth-order valence-electron chi connectivity index (χ4n) is 3.85. The number of benzene rings is 2. The summed E-state index contributed by atoms with van der Waals surface area (Å²) in [5.41, 5.74) is 1.74. The average molecular weight is 368 g/mol. The first-order valence-corrected chi connectivity index (χ1v) is 8.66. The standard InChI is InChI=1S/C19H17ClF3NO/c20-13-6-3-11(4-7-13)17-14-2-1-9-25-18(14)15-10-12(19(21,22)23)5-8-16(15)24-17/h3-8,10,14,17-18,24H,1-2,9H2/t14-,17-,18-/m0/s1. The van der Waals surface area contributed by atoms with E-state index in [4.69, 9.17) is 16.3 Å². The zero-order chi connectivity index (χ0) is 17.6. The van der Waals surface area contributed by atoms with Crippen molar-refractivity contribution in [1.82, 2.24) is 0 Å². The van der Waals surface area contributed by atoms with Crippen LogP contribution in [0, 0.1) is 5.92 Å². The van der Waals surface area contributed by atoms with Gasteiger partial charge in [0.1, 0.15) is 0 Å². The number of ether oxygens (including phenoxy) is 1. The highest BCUT2D eigenvalue weighted by Crippen LogP contribution is 2.50. The van der Waals surface area contributed by atoms with Gasteiger partial charge in [-0.05, 0) is 48.7 Å². The molecule has 132 valence electrons. The van der Waals surface area contributed by atoms with Gasteiger partial charge in [0, 0.05) is 28.8 Å². The maximum absolute atomic E-state index is 13.1. The zero-order valence-corrected chi connectivity index (χ0v) is 14.1. The molecule has 4 rings (SSSR count). The largest absolute Gasteiger partial charge is 0.416 e. The van der Waals surface area contributed by atoms with Gasteiger partial charge in [-0.2, -0.15) is 13.2 Å². The lowest BCUT2D eigenvalue weighted by molar-refractivity contribution is -0.137. The fourth-order valence-corrected chi connectivity index (χ4v) is 3.97. The van der Waals surface area contributed by atoms with Crippen molar-refractivity contribution in [1.29, 1.82) is 0 Å². The molecule has 0 amide bonds. The number of fused-ring (bicyclic) bond motifs is 3. The second kappa shape index (κ2) is 6.22. The average Bonchev–Trinajstić information content (AvgIpc) is 2.60. The Hall–Kier alpha value is -1.72. The highest BCUT2D eigenvalue weighted by atomic mass is 35.5. The molecule has 6 heteroatoms. The molecule has 25 heavy (non-hydrogen) atoms. The molecule has 2 aliphatic rings. The van der Waals surface area contributed by atoms with E-state index >= 15 is 0 Å². The highest BCUT2D eigenvalue weighted by Gasteiger charge is 2.41. The van der Waals surface area contributed by atoms with Crippen LogP contribution in [0.25, 0.3) is 0 Å². The van der Waals surface area contributed by atoms with E-state index in [-0.39, 0.29) is 18.1 Å². The SMILES string of the molecule is FC(F)(F)c1ccc2c(c1)[C@H]1OCCC[C@H]1[C@H](c1ccc(Cl)cc1)N2. The molecule has 0 saturated carbocycles. The van der Waals surface area contributed by atoms with E-state index in [0.717, 1.165) is 24.5 Å².